The highest BCUT2D eigenvalue weighted by molar-refractivity contribution is 5.67. The molecule has 36 heavy (non-hydrogen) atoms. The molecule has 11 heteroatoms. The van der Waals surface area contributed by atoms with Crippen molar-refractivity contribution in [2.45, 2.75) is 18.8 Å². The van der Waals surface area contributed by atoms with Gasteiger partial charge in [0.1, 0.15) is 5.82 Å². The van der Waals surface area contributed by atoms with E-state index in [2.05, 4.69) is 25.4 Å². The summed E-state index contributed by atoms with van der Waals surface area (Å²) in [5, 5.41) is 7.62. The minimum absolute atomic E-state index is 0.109. The molecule has 0 unspecified atom stereocenters. The summed E-state index contributed by atoms with van der Waals surface area (Å²) in [6.07, 6.45) is 1.39. The molecule has 1 saturated heterocycles. The van der Waals surface area contributed by atoms with Gasteiger partial charge in [0.2, 0.25) is 17.8 Å². The molecule has 3 N–H and O–H groups in total. The van der Waals surface area contributed by atoms with Crippen molar-refractivity contribution in [3.8, 4) is 22.6 Å². The van der Waals surface area contributed by atoms with E-state index in [1.165, 1.54) is 6.07 Å². The number of hydrogen-bond donors (Lipinski definition) is 2. The molecule has 1 aliphatic carbocycles. The van der Waals surface area contributed by atoms with E-state index in [0.717, 1.165) is 16.9 Å². The van der Waals surface area contributed by atoms with Crippen molar-refractivity contribution in [2.75, 3.05) is 29.0 Å². The highest BCUT2D eigenvalue weighted by Crippen LogP contribution is 2.57. The molecule has 0 radical (unpaired) electrons. The van der Waals surface area contributed by atoms with E-state index in [1.807, 2.05) is 29.2 Å². The zero-order chi connectivity index (χ0) is 25.1. The fraction of sp³-hybridized carbons (Fsp3) is 0.280. The molecule has 6 rings (SSSR count). The van der Waals surface area contributed by atoms with Gasteiger partial charge in [-0.1, -0.05) is 12.1 Å². The highest BCUT2D eigenvalue weighted by Gasteiger charge is 2.61. The van der Waals surface area contributed by atoms with E-state index in [-0.39, 0.29) is 24.2 Å². The van der Waals surface area contributed by atoms with Gasteiger partial charge in [0.15, 0.2) is 5.82 Å². The number of benzene rings is 2. The van der Waals surface area contributed by atoms with E-state index in [1.54, 1.807) is 36.1 Å². The van der Waals surface area contributed by atoms with Crippen LogP contribution in [0, 0.1) is 11.2 Å². The maximum atomic E-state index is 14.9. The fourth-order valence-electron chi connectivity index (χ4n) is 5.11. The molecule has 3 heterocycles. The number of nitrogens with two attached hydrogens (primary N) is 1. The van der Waals surface area contributed by atoms with E-state index in [4.69, 9.17) is 5.73 Å². The van der Waals surface area contributed by atoms with E-state index in [9.17, 15) is 13.2 Å². The number of alkyl halides is 2. The Hall–Kier alpha value is -4.15. The second-order valence-corrected chi connectivity index (χ2v) is 9.62. The van der Waals surface area contributed by atoms with Crippen LogP contribution in [0.5, 0.6) is 0 Å². The first-order valence-corrected chi connectivity index (χ1v) is 11.5. The smallest absolute Gasteiger partial charge is 0.249 e. The average molecular weight is 493 g/mol. The van der Waals surface area contributed by atoms with Crippen LogP contribution in [-0.4, -0.2) is 43.7 Å². The van der Waals surface area contributed by atoms with E-state index < -0.39 is 11.7 Å². The number of anilines is 4. The van der Waals surface area contributed by atoms with Crippen LogP contribution in [0.15, 0.2) is 54.7 Å². The lowest BCUT2D eigenvalue weighted by Crippen LogP contribution is -2.66. The second-order valence-electron chi connectivity index (χ2n) is 9.62. The Balaban J connectivity index is 1.15. The van der Waals surface area contributed by atoms with Gasteiger partial charge in [-0.25, -0.2) is 27.8 Å². The van der Waals surface area contributed by atoms with E-state index in [0.29, 0.717) is 36.1 Å². The van der Waals surface area contributed by atoms with Crippen molar-refractivity contribution in [2.24, 2.45) is 12.5 Å². The van der Waals surface area contributed by atoms with Crippen molar-refractivity contribution in [1.29, 1.82) is 0 Å². The first-order chi connectivity index (χ1) is 17.2. The van der Waals surface area contributed by atoms with Crippen LogP contribution in [0.3, 0.4) is 0 Å². The molecule has 184 valence electrons. The number of halogens is 3. The van der Waals surface area contributed by atoms with Crippen LogP contribution in [0.1, 0.15) is 12.8 Å². The summed E-state index contributed by atoms with van der Waals surface area (Å²) >= 11 is 0. The maximum Gasteiger partial charge on any atom is 0.249 e. The lowest BCUT2D eigenvalue weighted by atomic mass is 9.61. The molecule has 2 aromatic heterocycles. The molecule has 1 spiro atoms. The van der Waals surface area contributed by atoms with Crippen LogP contribution >= 0.6 is 0 Å². The van der Waals surface area contributed by atoms with Gasteiger partial charge in [0, 0.05) is 61.4 Å². The molecule has 0 atom stereocenters. The summed E-state index contributed by atoms with van der Waals surface area (Å²) in [7, 11) is 1.75. The Morgan fingerprint density at radius 1 is 0.972 bits per heavy atom. The monoisotopic (exact) mass is 492 g/mol. The molecule has 1 saturated carbocycles. The minimum atomic E-state index is -2.57. The van der Waals surface area contributed by atoms with Gasteiger partial charge in [0.25, 0.3) is 0 Å². The van der Waals surface area contributed by atoms with Crippen LogP contribution in [0.25, 0.3) is 22.6 Å². The normalized spacial score (nSPS) is 17.5. The maximum absolute atomic E-state index is 14.9. The standard InChI is InChI=1S/C25H23F3N8/c1-35-23(31-17-5-2-15(3-6-17)19-8-9-30-22(29)32-19)33-21(34-35)16-4-7-20(18(26)10-16)36-13-24(14-36)11-25(27,28)12-24/h2-10H,11-14H2,1H3,(H2,29,30,32)(H,31,33,34). The first kappa shape index (κ1) is 22.3. The molecule has 2 aromatic carbocycles. The summed E-state index contributed by atoms with van der Waals surface area (Å²) in [6, 6.07) is 14.2. The Bertz CT molecular complexity index is 1430. The first-order valence-electron chi connectivity index (χ1n) is 11.5. The number of hydrogen-bond acceptors (Lipinski definition) is 7. The Labute approximate surface area is 205 Å². The van der Waals surface area contributed by atoms with Crippen molar-refractivity contribution in [1.82, 2.24) is 24.7 Å². The Morgan fingerprint density at radius 2 is 1.69 bits per heavy atom. The second kappa shape index (κ2) is 7.94. The molecule has 2 aliphatic rings. The van der Waals surface area contributed by atoms with Gasteiger partial charge in [-0.15, -0.1) is 5.10 Å². The molecular weight excluding hydrogens is 469 g/mol. The summed E-state index contributed by atoms with van der Waals surface area (Å²) in [5.74, 6) is -1.92. The number of aromatic nitrogens is 5. The van der Waals surface area contributed by atoms with Crippen molar-refractivity contribution in [3.05, 3.63) is 60.5 Å². The molecule has 4 aromatic rings. The van der Waals surface area contributed by atoms with Gasteiger partial charge in [-0.2, -0.15) is 4.98 Å². The zero-order valence-electron chi connectivity index (χ0n) is 19.4. The predicted octanol–water partition coefficient (Wildman–Crippen LogP) is 4.64. The quantitative estimate of drug-likeness (QED) is 0.419. The van der Waals surface area contributed by atoms with Crippen molar-refractivity contribution >= 4 is 23.3 Å². The zero-order valence-corrected chi connectivity index (χ0v) is 19.4. The fourth-order valence-corrected chi connectivity index (χ4v) is 5.11. The third kappa shape index (κ3) is 4.00. The van der Waals surface area contributed by atoms with Crippen LogP contribution < -0.4 is 16.0 Å². The molecule has 0 bridgehead atoms. The Kier molecular flexibility index (Phi) is 4.92. The van der Waals surface area contributed by atoms with Gasteiger partial charge >= 0.3 is 0 Å². The Morgan fingerprint density at radius 3 is 2.36 bits per heavy atom. The largest absolute Gasteiger partial charge is 0.368 e. The number of nitrogens with zero attached hydrogens (tertiary/aromatic N) is 6. The summed E-state index contributed by atoms with van der Waals surface area (Å²) in [4.78, 5) is 14.5. The lowest BCUT2D eigenvalue weighted by Gasteiger charge is -2.59. The average Bonchev–Trinajstić information content (AvgIpc) is 3.16. The number of nitrogen functional groups attached to an aromatic ring is 1. The van der Waals surface area contributed by atoms with Crippen LogP contribution in [0.2, 0.25) is 0 Å². The molecular formula is C25H23F3N8. The van der Waals surface area contributed by atoms with E-state index >= 15 is 0 Å². The minimum Gasteiger partial charge on any atom is -0.368 e. The van der Waals surface area contributed by atoms with Gasteiger partial charge in [-0.3, -0.25) is 0 Å². The summed E-state index contributed by atoms with van der Waals surface area (Å²) < 4.78 is 43.0. The van der Waals surface area contributed by atoms with Gasteiger partial charge in [0.05, 0.1) is 11.4 Å². The summed E-state index contributed by atoms with van der Waals surface area (Å²) in [5.41, 5.74) is 8.65. The van der Waals surface area contributed by atoms with Crippen molar-refractivity contribution < 1.29 is 13.2 Å². The lowest BCUT2D eigenvalue weighted by molar-refractivity contribution is -0.170. The molecule has 0 amide bonds. The third-order valence-corrected chi connectivity index (χ3v) is 6.74. The van der Waals surface area contributed by atoms with Crippen molar-refractivity contribution in [3.63, 3.8) is 0 Å². The molecule has 8 nitrogen and oxygen atoms in total. The highest BCUT2D eigenvalue weighted by atomic mass is 19.3. The molecule has 2 fully saturated rings. The number of aryl methyl sites for hydroxylation is 1. The predicted molar refractivity (Wildman–Crippen MR) is 130 cm³/mol. The van der Waals surface area contributed by atoms with Crippen LogP contribution in [-0.2, 0) is 7.05 Å². The summed E-state index contributed by atoms with van der Waals surface area (Å²) in [6.45, 7) is 0.913. The molecule has 1 aliphatic heterocycles. The van der Waals surface area contributed by atoms with Gasteiger partial charge < -0.3 is 16.0 Å². The van der Waals surface area contributed by atoms with Crippen LogP contribution in [0.4, 0.5) is 36.4 Å². The number of rotatable bonds is 5. The number of nitrogens with one attached hydrogen (secondary N) is 1. The van der Waals surface area contributed by atoms with Gasteiger partial charge in [-0.05, 0) is 36.4 Å². The SMILES string of the molecule is Cn1nc(-c2ccc(N3CC4(C3)CC(F)(F)C4)c(F)c2)nc1Nc1ccc(-c2ccnc(N)n2)cc1. The topological polar surface area (TPSA) is 97.8 Å². The third-order valence-electron chi connectivity index (χ3n) is 6.74.